The second-order valence-corrected chi connectivity index (χ2v) is 4.07. The summed E-state index contributed by atoms with van der Waals surface area (Å²) >= 11 is 0. The molecule has 20 heavy (non-hydrogen) atoms. The minimum absolute atomic E-state index is 0.0737. The van der Waals surface area contributed by atoms with Gasteiger partial charge in [-0.2, -0.15) is 0 Å². The number of ether oxygens (including phenoxy) is 1. The Bertz CT molecular complexity index is 676. The number of ketones is 1. The van der Waals surface area contributed by atoms with E-state index in [0.29, 0.717) is 0 Å². The Morgan fingerprint density at radius 1 is 1.05 bits per heavy atom. The van der Waals surface area contributed by atoms with Gasteiger partial charge in [-0.25, -0.2) is 4.79 Å². The molecule has 2 aromatic rings. The van der Waals surface area contributed by atoms with Crippen molar-refractivity contribution in [3.05, 3.63) is 59.2 Å². The van der Waals surface area contributed by atoms with E-state index in [4.69, 9.17) is 9.84 Å². The minimum Gasteiger partial charge on any atom is -0.504 e. The first-order valence-corrected chi connectivity index (χ1v) is 5.78. The molecule has 0 atom stereocenters. The summed E-state index contributed by atoms with van der Waals surface area (Å²) in [6, 6.07) is 10.1. The van der Waals surface area contributed by atoms with Crippen molar-refractivity contribution in [1.82, 2.24) is 0 Å². The summed E-state index contributed by atoms with van der Waals surface area (Å²) in [6.07, 6.45) is 0. The predicted octanol–water partition coefficient (Wildman–Crippen LogP) is 2.33. The Labute approximate surface area is 115 Å². The van der Waals surface area contributed by atoms with Crippen molar-refractivity contribution in [2.75, 3.05) is 7.11 Å². The van der Waals surface area contributed by atoms with Crippen LogP contribution in [0.5, 0.6) is 11.5 Å². The lowest BCUT2D eigenvalue weighted by atomic mass is 9.98. The zero-order chi connectivity index (χ0) is 14.7. The summed E-state index contributed by atoms with van der Waals surface area (Å²) in [7, 11) is 1.40. The van der Waals surface area contributed by atoms with E-state index in [2.05, 4.69) is 0 Å². The molecule has 0 radical (unpaired) electrons. The lowest BCUT2D eigenvalue weighted by Crippen LogP contribution is -2.09. The number of aromatic hydroxyl groups is 1. The third-order valence-corrected chi connectivity index (χ3v) is 2.84. The number of carbonyl (C=O) groups is 2. The Kier molecular flexibility index (Phi) is 3.70. The fourth-order valence-corrected chi connectivity index (χ4v) is 1.85. The molecule has 2 aromatic carbocycles. The molecule has 0 aromatic heterocycles. The Balaban J connectivity index is 2.47. The zero-order valence-electron chi connectivity index (χ0n) is 10.7. The van der Waals surface area contributed by atoms with Gasteiger partial charge in [0.25, 0.3) is 0 Å². The van der Waals surface area contributed by atoms with Gasteiger partial charge in [0.1, 0.15) is 0 Å². The van der Waals surface area contributed by atoms with Gasteiger partial charge in [0.2, 0.25) is 0 Å². The summed E-state index contributed by atoms with van der Waals surface area (Å²) in [4.78, 5) is 23.4. The smallest absolute Gasteiger partial charge is 0.336 e. The number of hydrogen-bond acceptors (Lipinski definition) is 4. The molecule has 0 aliphatic carbocycles. The number of carbonyl (C=O) groups excluding carboxylic acids is 1. The monoisotopic (exact) mass is 272 g/mol. The third kappa shape index (κ3) is 2.47. The molecule has 0 aliphatic rings. The molecule has 102 valence electrons. The maximum Gasteiger partial charge on any atom is 0.336 e. The van der Waals surface area contributed by atoms with Crippen LogP contribution >= 0.6 is 0 Å². The molecule has 0 amide bonds. The Morgan fingerprint density at radius 3 is 2.25 bits per heavy atom. The van der Waals surface area contributed by atoms with Crippen molar-refractivity contribution in [2.45, 2.75) is 0 Å². The Morgan fingerprint density at radius 2 is 1.70 bits per heavy atom. The van der Waals surface area contributed by atoms with Crippen molar-refractivity contribution in [3.63, 3.8) is 0 Å². The molecular weight excluding hydrogens is 260 g/mol. The van der Waals surface area contributed by atoms with Crippen LogP contribution in [0, 0.1) is 0 Å². The molecule has 2 N–H and O–H groups in total. The van der Waals surface area contributed by atoms with E-state index in [1.807, 2.05) is 0 Å². The highest BCUT2D eigenvalue weighted by Crippen LogP contribution is 2.27. The molecule has 0 aliphatic heterocycles. The van der Waals surface area contributed by atoms with Gasteiger partial charge >= 0.3 is 5.97 Å². The second kappa shape index (κ2) is 5.44. The van der Waals surface area contributed by atoms with Crippen LogP contribution in [0.15, 0.2) is 42.5 Å². The Hall–Kier alpha value is -2.82. The van der Waals surface area contributed by atoms with Gasteiger partial charge in [0.05, 0.1) is 12.7 Å². The molecular formula is C15H12O5. The van der Waals surface area contributed by atoms with Gasteiger partial charge in [-0.15, -0.1) is 0 Å². The highest BCUT2D eigenvalue weighted by atomic mass is 16.5. The number of methoxy groups -OCH3 is 1. The molecule has 0 saturated carbocycles. The molecule has 0 saturated heterocycles. The summed E-state index contributed by atoms with van der Waals surface area (Å²) in [5.74, 6) is -1.58. The van der Waals surface area contributed by atoms with Crippen LogP contribution in [0.4, 0.5) is 0 Å². The topological polar surface area (TPSA) is 83.8 Å². The number of phenols is 1. The lowest BCUT2D eigenvalue weighted by Gasteiger charge is -2.07. The normalized spacial score (nSPS) is 10.1. The van der Waals surface area contributed by atoms with Gasteiger partial charge in [0, 0.05) is 11.1 Å². The predicted molar refractivity (Wildman–Crippen MR) is 71.5 cm³/mol. The minimum atomic E-state index is -1.17. The number of benzene rings is 2. The highest BCUT2D eigenvalue weighted by molar-refractivity contribution is 6.14. The van der Waals surface area contributed by atoms with Gasteiger partial charge in [0.15, 0.2) is 17.3 Å². The fourth-order valence-electron chi connectivity index (χ4n) is 1.85. The van der Waals surface area contributed by atoms with Crippen molar-refractivity contribution in [2.24, 2.45) is 0 Å². The van der Waals surface area contributed by atoms with Gasteiger partial charge in [-0.05, 0) is 24.3 Å². The summed E-state index contributed by atoms with van der Waals surface area (Å²) in [5, 5.41) is 18.7. The van der Waals surface area contributed by atoms with Crippen molar-refractivity contribution in [1.29, 1.82) is 0 Å². The maximum absolute atomic E-state index is 12.3. The van der Waals surface area contributed by atoms with Crippen LogP contribution in [0.25, 0.3) is 0 Å². The fraction of sp³-hybridized carbons (Fsp3) is 0.0667. The first-order valence-electron chi connectivity index (χ1n) is 5.78. The van der Waals surface area contributed by atoms with Gasteiger partial charge in [-0.1, -0.05) is 18.2 Å². The van der Waals surface area contributed by atoms with Crippen LogP contribution in [-0.4, -0.2) is 29.1 Å². The van der Waals surface area contributed by atoms with E-state index < -0.39 is 11.8 Å². The van der Waals surface area contributed by atoms with E-state index in [1.165, 1.54) is 37.4 Å². The maximum atomic E-state index is 12.3. The van der Waals surface area contributed by atoms with Gasteiger partial charge in [-0.3, -0.25) is 4.79 Å². The van der Waals surface area contributed by atoms with Crippen LogP contribution < -0.4 is 4.74 Å². The number of carboxylic acid groups (broad SMARTS) is 1. The molecule has 0 fully saturated rings. The highest BCUT2D eigenvalue weighted by Gasteiger charge is 2.18. The standard InChI is InChI=1S/C15H12O5/c1-20-13-7-6-9(8-12(13)16)14(17)10-4-2-3-5-11(10)15(18)19/h2-8,16H,1H3,(H,18,19). The summed E-state index contributed by atoms with van der Waals surface area (Å²) < 4.78 is 4.89. The van der Waals surface area contributed by atoms with Crippen LogP contribution in [0.3, 0.4) is 0 Å². The van der Waals surface area contributed by atoms with Crippen LogP contribution in [0.2, 0.25) is 0 Å². The largest absolute Gasteiger partial charge is 0.504 e. The molecule has 0 bridgehead atoms. The van der Waals surface area contributed by atoms with Crippen LogP contribution in [0.1, 0.15) is 26.3 Å². The first-order chi connectivity index (χ1) is 9.54. The van der Waals surface area contributed by atoms with E-state index in [1.54, 1.807) is 12.1 Å². The molecule has 0 spiro atoms. The molecule has 0 unspecified atom stereocenters. The third-order valence-electron chi connectivity index (χ3n) is 2.84. The number of hydrogen-bond donors (Lipinski definition) is 2. The zero-order valence-corrected chi connectivity index (χ0v) is 10.7. The summed E-state index contributed by atoms with van der Waals surface area (Å²) in [6.45, 7) is 0. The quantitative estimate of drug-likeness (QED) is 0.834. The second-order valence-electron chi connectivity index (χ2n) is 4.07. The van der Waals surface area contributed by atoms with E-state index in [9.17, 15) is 14.7 Å². The van der Waals surface area contributed by atoms with Crippen molar-refractivity contribution < 1.29 is 24.5 Å². The van der Waals surface area contributed by atoms with Crippen molar-refractivity contribution in [3.8, 4) is 11.5 Å². The summed E-state index contributed by atoms with van der Waals surface area (Å²) in [5.41, 5.74) is 0.189. The SMILES string of the molecule is COc1ccc(C(=O)c2ccccc2C(=O)O)cc1O. The molecule has 5 nitrogen and oxygen atoms in total. The van der Waals surface area contributed by atoms with E-state index in [-0.39, 0.29) is 28.2 Å². The average Bonchev–Trinajstić information content (AvgIpc) is 2.46. The number of carboxylic acids is 1. The average molecular weight is 272 g/mol. The lowest BCUT2D eigenvalue weighted by molar-refractivity contribution is 0.0693. The number of rotatable bonds is 4. The molecule has 0 heterocycles. The number of phenolic OH excluding ortho intramolecular Hbond substituents is 1. The molecule has 2 rings (SSSR count). The number of aromatic carboxylic acids is 1. The van der Waals surface area contributed by atoms with E-state index >= 15 is 0 Å². The molecule has 5 heteroatoms. The first kappa shape index (κ1) is 13.6. The van der Waals surface area contributed by atoms with E-state index in [0.717, 1.165) is 0 Å². The van der Waals surface area contributed by atoms with Crippen LogP contribution in [-0.2, 0) is 0 Å². The van der Waals surface area contributed by atoms with Gasteiger partial charge < -0.3 is 14.9 Å². The van der Waals surface area contributed by atoms with Crippen molar-refractivity contribution >= 4 is 11.8 Å².